The summed E-state index contributed by atoms with van der Waals surface area (Å²) in [6, 6.07) is 5.78. The molecule has 0 saturated heterocycles. The van der Waals surface area contributed by atoms with Crippen LogP contribution in [0.15, 0.2) is 46.0 Å². The lowest BCUT2D eigenvalue weighted by Crippen LogP contribution is -2.31. The first kappa shape index (κ1) is 13.7. The summed E-state index contributed by atoms with van der Waals surface area (Å²) in [6.45, 7) is 3.79. The summed E-state index contributed by atoms with van der Waals surface area (Å²) >= 11 is 0. The molecule has 0 spiro atoms. The summed E-state index contributed by atoms with van der Waals surface area (Å²) < 4.78 is 16.6. The molecule has 0 aromatic heterocycles. The smallest absolute Gasteiger partial charge is 0.189 e. The molecule has 2 aliphatic rings. The molecule has 0 amide bonds. The minimum atomic E-state index is -0.897. The Kier molecular flexibility index (Phi) is 3.22. The predicted octanol–water partition coefficient (Wildman–Crippen LogP) is 2.61. The first-order chi connectivity index (χ1) is 10.1. The summed E-state index contributed by atoms with van der Waals surface area (Å²) in [5.74, 6) is 1.94. The van der Waals surface area contributed by atoms with Crippen molar-refractivity contribution >= 4 is 11.4 Å². The average molecular weight is 287 g/mol. The van der Waals surface area contributed by atoms with Crippen LogP contribution in [0.1, 0.15) is 12.5 Å². The minimum absolute atomic E-state index is 0.345. The maximum absolute atomic E-state index is 10.3. The van der Waals surface area contributed by atoms with Gasteiger partial charge in [0.15, 0.2) is 28.7 Å². The van der Waals surface area contributed by atoms with Gasteiger partial charge in [-0.1, -0.05) is 6.07 Å². The topological polar surface area (TPSA) is 60.3 Å². The Morgan fingerprint density at radius 3 is 2.62 bits per heavy atom. The van der Waals surface area contributed by atoms with E-state index in [4.69, 9.17) is 14.2 Å². The van der Waals surface area contributed by atoms with Gasteiger partial charge in [-0.2, -0.15) is 0 Å². The van der Waals surface area contributed by atoms with E-state index < -0.39 is 6.10 Å². The first-order valence-corrected chi connectivity index (χ1v) is 6.65. The SMILES string of the molecule is COC1=C(OC)C(O)C(C)=C2Oc3ccc(C)cc3N=C21. The number of hydrogen-bond acceptors (Lipinski definition) is 5. The molecule has 1 atom stereocenters. The average Bonchev–Trinajstić information content (AvgIpc) is 2.49. The monoisotopic (exact) mass is 287 g/mol. The van der Waals surface area contributed by atoms with E-state index in [2.05, 4.69) is 4.99 Å². The van der Waals surface area contributed by atoms with Crippen molar-refractivity contribution in [3.05, 3.63) is 46.6 Å². The number of benzene rings is 1. The molecule has 110 valence electrons. The van der Waals surface area contributed by atoms with Crippen LogP contribution in [0, 0.1) is 6.92 Å². The molecule has 1 aromatic rings. The highest BCUT2D eigenvalue weighted by molar-refractivity contribution is 6.14. The summed E-state index contributed by atoms with van der Waals surface area (Å²) in [5.41, 5.74) is 3.03. The van der Waals surface area contributed by atoms with Gasteiger partial charge in [0.05, 0.1) is 14.2 Å². The largest absolute Gasteiger partial charge is 0.494 e. The van der Waals surface area contributed by atoms with E-state index >= 15 is 0 Å². The van der Waals surface area contributed by atoms with Crippen LogP contribution in [0.25, 0.3) is 0 Å². The van der Waals surface area contributed by atoms with Gasteiger partial charge in [-0.15, -0.1) is 0 Å². The third-order valence-electron chi connectivity index (χ3n) is 3.65. The predicted molar refractivity (Wildman–Crippen MR) is 78.7 cm³/mol. The highest BCUT2D eigenvalue weighted by atomic mass is 16.5. The standard InChI is InChI=1S/C16H17NO4/c1-8-5-6-11-10(7-8)17-12-14(21-11)9(2)13(18)16(20-4)15(12)19-3/h5-7,13,18H,1-4H3. The van der Waals surface area contributed by atoms with Gasteiger partial charge >= 0.3 is 0 Å². The van der Waals surface area contributed by atoms with E-state index in [-0.39, 0.29) is 0 Å². The van der Waals surface area contributed by atoms with Crippen molar-refractivity contribution < 1.29 is 19.3 Å². The highest BCUT2D eigenvalue weighted by Crippen LogP contribution is 2.40. The minimum Gasteiger partial charge on any atom is -0.494 e. The lowest BCUT2D eigenvalue weighted by molar-refractivity contribution is 0.128. The summed E-state index contributed by atoms with van der Waals surface area (Å²) in [5, 5.41) is 10.3. The van der Waals surface area contributed by atoms with Crippen molar-refractivity contribution in [1.29, 1.82) is 0 Å². The molecule has 1 heterocycles. The van der Waals surface area contributed by atoms with Crippen molar-refractivity contribution in [2.75, 3.05) is 14.2 Å². The van der Waals surface area contributed by atoms with Gasteiger partial charge in [-0.05, 0) is 31.5 Å². The van der Waals surface area contributed by atoms with Gasteiger partial charge in [-0.25, -0.2) is 4.99 Å². The highest BCUT2D eigenvalue weighted by Gasteiger charge is 2.37. The van der Waals surface area contributed by atoms with Gasteiger partial charge < -0.3 is 19.3 Å². The fourth-order valence-corrected chi connectivity index (χ4v) is 2.52. The van der Waals surface area contributed by atoms with Crippen molar-refractivity contribution in [3.63, 3.8) is 0 Å². The van der Waals surface area contributed by atoms with E-state index in [1.807, 2.05) is 25.1 Å². The van der Waals surface area contributed by atoms with E-state index in [1.165, 1.54) is 14.2 Å². The molecule has 5 nitrogen and oxygen atoms in total. The number of rotatable bonds is 2. The van der Waals surface area contributed by atoms with E-state index in [9.17, 15) is 5.11 Å². The van der Waals surface area contributed by atoms with Crippen molar-refractivity contribution in [2.45, 2.75) is 20.0 Å². The number of aliphatic imine (C=N–C) groups is 1. The lowest BCUT2D eigenvalue weighted by atomic mass is 9.96. The second-order valence-electron chi connectivity index (χ2n) is 5.05. The second kappa shape index (κ2) is 4.93. The molecular weight excluding hydrogens is 270 g/mol. The van der Waals surface area contributed by atoms with Crippen molar-refractivity contribution in [2.24, 2.45) is 4.99 Å². The zero-order chi connectivity index (χ0) is 15.1. The van der Waals surface area contributed by atoms with E-state index in [0.717, 1.165) is 11.3 Å². The molecule has 3 rings (SSSR count). The number of nitrogens with zero attached hydrogens (tertiary/aromatic N) is 1. The van der Waals surface area contributed by atoms with Crippen molar-refractivity contribution in [3.8, 4) is 5.75 Å². The maximum atomic E-state index is 10.3. The lowest BCUT2D eigenvalue weighted by Gasteiger charge is -2.30. The van der Waals surface area contributed by atoms with Crippen LogP contribution in [0.4, 0.5) is 5.69 Å². The molecule has 0 fully saturated rings. The van der Waals surface area contributed by atoms with Crippen LogP contribution >= 0.6 is 0 Å². The van der Waals surface area contributed by atoms with Crippen LogP contribution < -0.4 is 4.74 Å². The van der Waals surface area contributed by atoms with Gasteiger partial charge in [-0.3, -0.25) is 0 Å². The zero-order valence-corrected chi connectivity index (χ0v) is 12.4. The normalized spacial score (nSPS) is 20.4. The Morgan fingerprint density at radius 1 is 1.19 bits per heavy atom. The van der Waals surface area contributed by atoms with Gasteiger partial charge in [0.25, 0.3) is 0 Å². The Hall–Kier alpha value is -2.27. The van der Waals surface area contributed by atoms with Crippen LogP contribution in [-0.4, -0.2) is 31.1 Å². The number of aliphatic hydroxyl groups excluding tert-OH is 1. The number of aryl methyl sites for hydroxylation is 1. The molecular formula is C16H17NO4. The van der Waals surface area contributed by atoms with E-state index in [0.29, 0.717) is 34.3 Å². The molecule has 1 aliphatic carbocycles. The number of methoxy groups -OCH3 is 2. The van der Waals surface area contributed by atoms with Crippen LogP contribution in [0.3, 0.4) is 0 Å². The molecule has 0 saturated carbocycles. The molecule has 1 N–H and O–H groups in total. The third-order valence-corrected chi connectivity index (χ3v) is 3.65. The molecule has 1 unspecified atom stereocenters. The van der Waals surface area contributed by atoms with Gasteiger partial charge in [0, 0.05) is 5.57 Å². The second-order valence-corrected chi connectivity index (χ2v) is 5.05. The molecule has 1 aliphatic heterocycles. The fraction of sp³-hybridized carbons (Fsp3) is 0.312. The Balaban J connectivity index is 2.23. The maximum Gasteiger partial charge on any atom is 0.189 e. The summed E-state index contributed by atoms with van der Waals surface area (Å²) in [6.07, 6.45) is -0.897. The Bertz CT molecular complexity index is 700. The molecule has 0 bridgehead atoms. The summed E-state index contributed by atoms with van der Waals surface area (Å²) in [4.78, 5) is 4.62. The van der Waals surface area contributed by atoms with Crippen molar-refractivity contribution in [1.82, 2.24) is 0 Å². The fourth-order valence-electron chi connectivity index (χ4n) is 2.52. The van der Waals surface area contributed by atoms with Gasteiger partial charge in [0.1, 0.15) is 11.8 Å². The number of fused-ring (bicyclic) bond motifs is 2. The Morgan fingerprint density at radius 2 is 1.95 bits per heavy atom. The first-order valence-electron chi connectivity index (χ1n) is 6.65. The third kappa shape index (κ3) is 2.01. The van der Waals surface area contributed by atoms with Crippen LogP contribution in [0.5, 0.6) is 5.75 Å². The van der Waals surface area contributed by atoms with Crippen LogP contribution in [-0.2, 0) is 9.47 Å². The Labute approximate surface area is 123 Å². The quantitative estimate of drug-likeness (QED) is 0.908. The molecule has 21 heavy (non-hydrogen) atoms. The molecule has 5 heteroatoms. The molecule has 0 radical (unpaired) electrons. The van der Waals surface area contributed by atoms with Crippen LogP contribution in [0.2, 0.25) is 0 Å². The number of ether oxygens (including phenoxy) is 3. The van der Waals surface area contributed by atoms with E-state index in [1.54, 1.807) is 6.92 Å². The number of aliphatic hydroxyl groups is 1. The molecule has 1 aromatic carbocycles. The number of hydrogen-bond donors (Lipinski definition) is 1. The summed E-state index contributed by atoms with van der Waals surface area (Å²) in [7, 11) is 3.02. The van der Waals surface area contributed by atoms with Gasteiger partial charge in [0.2, 0.25) is 0 Å². The zero-order valence-electron chi connectivity index (χ0n) is 12.4.